The van der Waals surface area contributed by atoms with Crippen LogP contribution in [0.1, 0.15) is 67.3 Å². The maximum Gasteiger partial charge on any atom is 0.340 e. The van der Waals surface area contributed by atoms with Crippen molar-refractivity contribution in [2.45, 2.75) is 66.0 Å². The van der Waals surface area contributed by atoms with E-state index in [4.69, 9.17) is 4.74 Å². The molecule has 1 aromatic rings. The molecular weight excluding hydrogens is 278 g/mol. The average Bonchev–Trinajstić information content (AvgIpc) is 2.73. The molecule has 1 saturated heterocycles. The van der Waals surface area contributed by atoms with Gasteiger partial charge in [-0.2, -0.15) is 5.10 Å². The summed E-state index contributed by atoms with van der Waals surface area (Å²) < 4.78 is 5.12. The van der Waals surface area contributed by atoms with Gasteiger partial charge in [-0.15, -0.1) is 0 Å². The number of ether oxygens (including phenoxy) is 1. The summed E-state index contributed by atoms with van der Waals surface area (Å²) in [5.41, 5.74) is 3.24. The standard InChI is InChI=1S/C17H27N3O2/c1-6-22-17(21)16-13(4)15(19-14(16)5)10-18-20-11(2)8-7-9-12(20)3/h10-12,19H,6-9H2,1-5H3/b18-10+/t11-,12-/m0/s1. The van der Waals surface area contributed by atoms with Crippen molar-refractivity contribution in [3.8, 4) is 0 Å². The van der Waals surface area contributed by atoms with E-state index in [2.05, 4.69) is 28.9 Å². The number of carbonyl (C=O) groups is 1. The van der Waals surface area contributed by atoms with Gasteiger partial charge in [0.05, 0.1) is 24.1 Å². The smallest absolute Gasteiger partial charge is 0.340 e. The Labute approximate surface area is 132 Å². The molecule has 0 bridgehead atoms. The van der Waals surface area contributed by atoms with E-state index in [1.54, 1.807) is 0 Å². The highest BCUT2D eigenvalue weighted by molar-refractivity contribution is 5.96. The molecular formula is C17H27N3O2. The van der Waals surface area contributed by atoms with Gasteiger partial charge in [-0.3, -0.25) is 5.01 Å². The van der Waals surface area contributed by atoms with Gasteiger partial charge in [-0.1, -0.05) is 0 Å². The molecule has 1 aromatic heterocycles. The van der Waals surface area contributed by atoms with Crippen molar-refractivity contribution in [2.24, 2.45) is 5.10 Å². The second-order valence-electron chi connectivity index (χ2n) is 6.14. The Morgan fingerprint density at radius 3 is 2.59 bits per heavy atom. The van der Waals surface area contributed by atoms with E-state index < -0.39 is 0 Å². The van der Waals surface area contributed by atoms with Gasteiger partial charge in [-0.05, 0) is 59.4 Å². The number of nitrogens with one attached hydrogen (secondary N) is 1. The zero-order valence-corrected chi connectivity index (χ0v) is 14.3. The molecule has 1 N–H and O–H groups in total. The number of nitrogens with zero attached hydrogens (tertiary/aromatic N) is 2. The predicted molar refractivity (Wildman–Crippen MR) is 88.4 cm³/mol. The minimum Gasteiger partial charge on any atom is -0.462 e. The first-order valence-corrected chi connectivity index (χ1v) is 8.14. The number of piperidine rings is 1. The highest BCUT2D eigenvalue weighted by Gasteiger charge is 2.23. The van der Waals surface area contributed by atoms with Crippen LogP contribution >= 0.6 is 0 Å². The van der Waals surface area contributed by atoms with E-state index in [-0.39, 0.29) is 5.97 Å². The fraction of sp³-hybridized carbons (Fsp3) is 0.647. The lowest BCUT2D eigenvalue weighted by molar-refractivity contribution is 0.0525. The molecule has 1 aliphatic rings. The first kappa shape index (κ1) is 16.6. The van der Waals surface area contributed by atoms with E-state index in [0.717, 1.165) is 17.0 Å². The second kappa shape index (κ2) is 6.99. The van der Waals surface area contributed by atoms with Gasteiger partial charge < -0.3 is 9.72 Å². The van der Waals surface area contributed by atoms with Crippen molar-refractivity contribution in [3.05, 3.63) is 22.5 Å². The maximum absolute atomic E-state index is 12.0. The van der Waals surface area contributed by atoms with Crippen LogP contribution in [0.15, 0.2) is 5.10 Å². The fourth-order valence-electron chi connectivity index (χ4n) is 3.17. The molecule has 0 unspecified atom stereocenters. The van der Waals surface area contributed by atoms with E-state index in [0.29, 0.717) is 24.3 Å². The predicted octanol–water partition coefficient (Wildman–Crippen LogP) is 3.41. The van der Waals surface area contributed by atoms with E-state index >= 15 is 0 Å². The fourth-order valence-corrected chi connectivity index (χ4v) is 3.17. The molecule has 0 radical (unpaired) electrons. The molecule has 0 aromatic carbocycles. The SMILES string of the molecule is CCOC(=O)c1c(C)[nH]c(/C=N/N2[C@@H](C)CCC[C@@H]2C)c1C. The van der Waals surface area contributed by atoms with Crippen LogP contribution in [-0.4, -0.2) is 40.9 Å². The number of hydrogen-bond donors (Lipinski definition) is 1. The summed E-state index contributed by atoms with van der Waals surface area (Å²) in [6.07, 6.45) is 5.46. The average molecular weight is 305 g/mol. The van der Waals surface area contributed by atoms with Crippen LogP contribution in [-0.2, 0) is 4.74 Å². The number of esters is 1. The van der Waals surface area contributed by atoms with Crippen LogP contribution in [0.5, 0.6) is 0 Å². The van der Waals surface area contributed by atoms with Crippen molar-refractivity contribution >= 4 is 12.2 Å². The number of aryl methyl sites for hydroxylation is 1. The summed E-state index contributed by atoms with van der Waals surface area (Å²) in [5, 5.41) is 6.83. The van der Waals surface area contributed by atoms with Crippen LogP contribution in [0.25, 0.3) is 0 Å². The van der Waals surface area contributed by atoms with Crippen LogP contribution in [0.4, 0.5) is 0 Å². The second-order valence-corrected chi connectivity index (χ2v) is 6.14. The summed E-state index contributed by atoms with van der Waals surface area (Å²) in [7, 11) is 0. The number of rotatable bonds is 4. The summed E-state index contributed by atoms with van der Waals surface area (Å²) >= 11 is 0. The molecule has 1 fully saturated rings. The molecule has 0 aliphatic carbocycles. The lowest BCUT2D eigenvalue weighted by atomic mass is 10.00. The quantitative estimate of drug-likeness (QED) is 0.685. The minimum atomic E-state index is -0.270. The van der Waals surface area contributed by atoms with Crippen molar-refractivity contribution in [1.29, 1.82) is 0 Å². The Bertz CT molecular complexity index is 552. The summed E-state index contributed by atoms with van der Waals surface area (Å²) in [5.74, 6) is -0.270. The number of hydrogen-bond acceptors (Lipinski definition) is 4. The molecule has 0 saturated carbocycles. The Kier molecular flexibility index (Phi) is 5.27. The normalized spacial score (nSPS) is 22.3. The van der Waals surface area contributed by atoms with Gasteiger partial charge in [0.25, 0.3) is 0 Å². The Balaban J connectivity index is 2.21. The van der Waals surface area contributed by atoms with Crippen molar-refractivity contribution in [1.82, 2.24) is 9.99 Å². The van der Waals surface area contributed by atoms with Gasteiger partial charge in [0.2, 0.25) is 0 Å². The van der Waals surface area contributed by atoms with Gasteiger partial charge >= 0.3 is 5.97 Å². The highest BCUT2D eigenvalue weighted by Crippen LogP contribution is 2.23. The molecule has 2 atom stereocenters. The first-order valence-electron chi connectivity index (χ1n) is 8.14. The van der Waals surface area contributed by atoms with Gasteiger partial charge in [0, 0.05) is 17.8 Å². The number of carbonyl (C=O) groups excluding carboxylic acids is 1. The van der Waals surface area contributed by atoms with Gasteiger partial charge in [0.1, 0.15) is 0 Å². The molecule has 2 heterocycles. The van der Waals surface area contributed by atoms with Crippen molar-refractivity contribution in [3.63, 3.8) is 0 Å². The summed E-state index contributed by atoms with van der Waals surface area (Å²) in [6.45, 7) is 10.4. The molecule has 2 rings (SSSR count). The minimum absolute atomic E-state index is 0.270. The molecule has 5 nitrogen and oxygen atoms in total. The Morgan fingerprint density at radius 2 is 2.00 bits per heavy atom. The third kappa shape index (κ3) is 3.34. The lowest BCUT2D eigenvalue weighted by Gasteiger charge is -2.36. The number of H-pyrrole nitrogens is 1. The van der Waals surface area contributed by atoms with Gasteiger partial charge in [-0.25, -0.2) is 4.79 Å². The van der Waals surface area contributed by atoms with E-state index in [1.165, 1.54) is 19.3 Å². The number of hydrazone groups is 1. The molecule has 5 heteroatoms. The highest BCUT2D eigenvalue weighted by atomic mass is 16.5. The Morgan fingerprint density at radius 1 is 1.36 bits per heavy atom. The largest absolute Gasteiger partial charge is 0.462 e. The zero-order chi connectivity index (χ0) is 16.3. The topological polar surface area (TPSA) is 57.7 Å². The van der Waals surface area contributed by atoms with Crippen molar-refractivity contribution < 1.29 is 9.53 Å². The third-order valence-electron chi connectivity index (χ3n) is 4.42. The molecule has 0 amide bonds. The van der Waals surface area contributed by atoms with Crippen LogP contribution in [0.2, 0.25) is 0 Å². The molecule has 1 aliphatic heterocycles. The van der Waals surface area contributed by atoms with Gasteiger partial charge in [0.15, 0.2) is 0 Å². The number of aromatic amines is 1. The Hall–Kier alpha value is -1.78. The van der Waals surface area contributed by atoms with E-state index in [1.807, 2.05) is 27.0 Å². The van der Waals surface area contributed by atoms with E-state index in [9.17, 15) is 4.79 Å². The monoisotopic (exact) mass is 305 g/mol. The maximum atomic E-state index is 12.0. The molecule has 122 valence electrons. The third-order valence-corrected chi connectivity index (χ3v) is 4.42. The van der Waals surface area contributed by atoms with Crippen LogP contribution in [0, 0.1) is 13.8 Å². The lowest BCUT2D eigenvalue weighted by Crippen LogP contribution is -2.39. The summed E-state index contributed by atoms with van der Waals surface area (Å²) in [6, 6.07) is 0.918. The van der Waals surface area contributed by atoms with Crippen LogP contribution in [0.3, 0.4) is 0 Å². The number of aromatic nitrogens is 1. The first-order chi connectivity index (χ1) is 10.5. The molecule has 0 spiro atoms. The van der Waals surface area contributed by atoms with Crippen LogP contribution < -0.4 is 0 Å². The summed E-state index contributed by atoms with van der Waals surface area (Å²) in [4.78, 5) is 15.3. The van der Waals surface area contributed by atoms with Crippen molar-refractivity contribution in [2.75, 3.05) is 6.61 Å². The molecule has 22 heavy (non-hydrogen) atoms. The zero-order valence-electron chi connectivity index (χ0n) is 14.3.